The third kappa shape index (κ3) is 3.09. The molecule has 0 fully saturated rings. The molecule has 106 valence electrons. The number of carbonyl (C=O) groups is 1. The lowest BCUT2D eigenvalue weighted by Gasteiger charge is -2.13. The SMILES string of the molecule is COc1cc(C#N)ccc1Nc1cc(C)ncc1C(=O)O. The van der Waals surface area contributed by atoms with Crippen LogP contribution >= 0.6 is 0 Å². The van der Waals surface area contributed by atoms with Crippen LogP contribution in [0.3, 0.4) is 0 Å². The molecule has 2 N–H and O–H groups in total. The molecular formula is C15H13N3O3. The van der Waals surface area contributed by atoms with Crippen LogP contribution in [-0.2, 0) is 0 Å². The van der Waals surface area contributed by atoms with Crippen LogP contribution in [0.4, 0.5) is 11.4 Å². The molecule has 1 heterocycles. The van der Waals surface area contributed by atoms with Crippen molar-refractivity contribution in [1.82, 2.24) is 4.98 Å². The van der Waals surface area contributed by atoms with Crippen molar-refractivity contribution in [3.63, 3.8) is 0 Å². The summed E-state index contributed by atoms with van der Waals surface area (Å²) in [4.78, 5) is 15.2. The fourth-order valence-electron chi connectivity index (χ4n) is 1.84. The Balaban J connectivity index is 2.45. The first-order valence-electron chi connectivity index (χ1n) is 6.10. The molecule has 6 heteroatoms. The molecule has 21 heavy (non-hydrogen) atoms. The van der Waals surface area contributed by atoms with Crippen LogP contribution in [0.5, 0.6) is 5.75 Å². The van der Waals surface area contributed by atoms with E-state index in [0.29, 0.717) is 28.4 Å². The maximum Gasteiger partial charge on any atom is 0.339 e. The Hall–Kier alpha value is -3.07. The van der Waals surface area contributed by atoms with Gasteiger partial charge in [0.15, 0.2) is 0 Å². The molecule has 0 unspecified atom stereocenters. The first-order chi connectivity index (χ1) is 10.0. The van der Waals surface area contributed by atoms with Gasteiger partial charge in [-0.15, -0.1) is 0 Å². The molecule has 1 aromatic carbocycles. The molecule has 0 saturated heterocycles. The van der Waals surface area contributed by atoms with Gasteiger partial charge in [-0.05, 0) is 25.1 Å². The van der Waals surface area contributed by atoms with E-state index in [9.17, 15) is 9.90 Å². The minimum atomic E-state index is -1.07. The predicted octanol–water partition coefficient (Wildman–Crippen LogP) is 2.71. The summed E-state index contributed by atoms with van der Waals surface area (Å²) in [7, 11) is 1.48. The highest BCUT2D eigenvalue weighted by molar-refractivity contribution is 5.95. The number of ether oxygens (including phenoxy) is 1. The topological polar surface area (TPSA) is 95.2 Å². The fourth-order valence-corrected chi connectivity index (χ4v) is 1.84. The molecule has 0 aliphatic rings. The number of carboxylic acid groups (broad SMARTS) is 1. The van der Waals surface area contributed by atoms with Crippen molar-refractivity contribution in [3.05, 3.63) is 47.3 Å². The first-order valence-corrected chi connectivity index (χ1v) is 6.10. The predicted molar refractivity (Wildman–Crippen MR) is 76.9 cm³/mol. The number of hydrogen-bond acceptors (Lipinski definition) is 5. The molecule has 0 saturated carbocycles. The zero-order valence-corrected chi connectivity index (χ0v) is 11.5. The Bertz CT molecular complexity index is 735. The lowest BCUT2D eigenvalue weighted by Crippen LogP contribution is -2.05. The van der Waals surface area contributed by atoms with Crippen LogP contribution in [0.15, 0.2) is 30.5 Å². The van der Waals surface area contributed by atoms with Crippen molar-refractivity contribution in [2.45, 2.75) is 6.92 Å². The molecule has 0 bridgehead atoms. The van der Waals surface area contributed by atoms with Crippen molar-refractivity contribution >= 4 is 17.3 Å². The second-order valence-corrected chi connectivity index (χ2v) is 4.33. The molecule has 0 atom stereocenters. The van der Waals surface area contributed by atoms with Gasteiger partial charge in [0, 0.05) is 18.0 Å². The van der Waals surface area contributed by atoms with E-state index in [1.807, 2.05) is 6.07 Å². The van der Waals surface area contributed by atoms with Gasteiger partial charge in [0.05, 0.1) is 30.1 Å². The standard InChI is InChI=1S/C15H13N3O3/c1-9-5-13(11(8-17-9)15(19)20)18-12-4-3-10(7-16)6-14(12)21-2/h3-6,8H,1-2H3,(H,17,18)(H,19,20). The van der Waals surface area contributed by atoms with Crippen LogP contribution in [0, 0.1) is 18.3 Å². The van der Waals surface area contributed by atoms with Crippen molar-refractivity contribution in [1.29, 1.82) is 5.26 Å². The quantitative estimate of drug-likeness (QED) is 0.895. The Morgan fingerprint density at radius 2 is 2.14 bits per heavy atom. The highest BCUT2D eigenvalue weighted by Gasteiger charge is 2.13. The number of aryl methyl sites for hydroxylation is 1. The number of hydrogen-bond donors (Lipinski definition) is 2. The van der Waals surface area contributed by atoms with Crippen molar-refractivity contribution in [3.8, 4) is 11.8 Å². The average Bonchev–Trinajstić information content (AvgIpc) is 2.47. The summed E-state index contributed by atoms with van der Waals surface area (Å²) in [6, 6.07) is 8.53. The van der Waals surface area contributed by atoms with Gasteiger partial charge in [0.2, 0.25) is 0 Å². The average molecular weight is 283 g/mol. The fraction of sp³-hybridized carbons (Fsp3) is 0.133. The van der Waals surface area contributed by atoms with E-state index in [1.54, 1.807) is 31.2 Å². The molecule has 2 rings (SSSR count). The third-order valence-corrected chi connectivity index (χ3v) is 2.87. The van der Waals surface area contributed by atoms with Gasteiger partial charge in [0.25, 0.3) is 0 Å². The third-order valence-electron chi connectivity index (χ3n) is 2.87. The van der Waals surface area contributed by atoms with E-state index in [-0.39, 0.29) is 5.56 Å². The molecule has 0 radical (unpaired) electrons. The van der Waals surface area contributed by atoms with Gasteiger partial charge < -0.3 is 15.2 Å². The molecule has 0 aliphatic heterocycles. The number of aromatic nitrogens is 1. The second kappa shape index (κ2) is 5.92. The number of benzene rings is 1. The van der Waals surface area contributed by atoms with Crippen LogP contribution in [0.25, 0.3) is 0 Å². The Morgan fingerprint density at radius 3 is 2.76 bits per heavy atom. The summed E-state index contributed by atoms with van der Waals surface area (Å²) in [6.07, 6.45) is 1.30. The number of carboxylic acids is 1. The van der Waals surface area contributed by atoms with Crippen LogP contribution in [0.1, 0.15) is 21.6 Å². The summed E-state index contributed by atoms with van der Waals surface area (Å²) in [5.74, 6) is -0.613. The Morgan fingerprint density at radius 1 is 1.38 bits per heavy atom. The lowest BCUT2D eigenvalue weighted by molar-refractivity contribution is 0.0697. The minimum Gasteiger partial charge on any atom is -0.495 e. The molecule has 0 amide bonds. The van der Waals surface area contributed by atoms with Gasteiger partial charge in [-0.1, -0.05) is 0 Å². The summed E-state index contributed by atoms with van der Waals surface area (Å²) in [5.41, 5.74) is 2.20. The summed E-state index contributed by atoms with van der Waals surface area (Å²) in [5, 5.41) is 21.1. The van der Waals surface area contributed by atoms with Gasteiger partial charge in [-0.3, -0.25) is 4.98 Å². The van der Waals surface area contributed by atoms with E-state index in [0.717, 1.165) is 0 Å². The molecule has 0 aliphatic carbocycles. The largest absolute Gasteiger partial charge is 0.495 e. The monoisotopic (exact) mass is 283 g/mol. The summed E-state index contributed by atoms with van der Waals surface area (Å²) >= 11 is 0. The van der Waals surface area contributed by atoms with Gasteiger partial charge in [0.1, 0.15) is 11.3 Å². The Kier molecular flexibility index (Phi) is 4.05. The molecule has 1 aromatic heterocycles. The van der Waals surface area contributed by atoms with Gasteiger partial charge in [-0.25, -0.2) is 4.79 Å². The van der Waals surface area contributed by atoms with E-state index in [1.165, 1.54) is 13.3 Å². The summed E-state index contributed by atoms with van der Waals surface area (Å²) < 4.78 is 5.21. The van der Waals surface area contributed by atoms with Crippen molar-refractivity contribution in [2.24, 2.45) is 0 Å². The van der Waals surface area contributed by atoms with Crippen molar-refractivity contribution < 1.29 is 14.6 Å². The number of nitrogens with one attached hydrogen (secondary N) is 1. The molecular weight excluding hydrogens is 270 g/mol. The number of rotatable bonds is 4. The normalized spacial score (nSPS) is 9.76. The van der Waals surface area contributed by atoms with Crippen LogP contribution < -0.4 is 10.1 Å². The zero-order chi connectivity index (χ0) is 15.4. The van der Waals surface area contributed by atoms with E-state index in [4.69, 9.17) is 10.00 Å². The van der Waals surface area contributed by atoms with E-state index in [2.05, 4.69) is 10.3 Å². The first kappa shape index (κ1) is 14.3. The van der Waals surface area contributed by atoms with Gasteiger partial charge >= 0.3 is 5.97 Å². The number of pyridine rings is 1. The zero-order valence-electron chi connectivity index (χ0n) is 11.5. The highest BCUT2D eigenvalue weighted by Crippen LogP contribution is 2.30. The lowest BCUT2D eigenvalue weighted by atomic mass is 10.1. The smallest absolute Gasteiger partial charge is 0.339 e. The number of methoxy groups -OCH3 is 1. The maximum atomic E-state index is 11.2. The number of aromatic carboxylic acids is 1. The number of anilines is 2. The van der Waals surface area contributed by atoms with E-state index < -0.39 is 5.97 Å². The molecule has 0 spiro atoms. The molecule has 2 aromatic rings. The Labute approximate surface area is 121 Å². The number of nitriles is 1. The van der Waals surface area contributed by atoms with Crippen LogP contribution in [-0.4, -0.2) is 23.2 Å². The highest BCUT2D eigenvalue weighted by atomic mass is 16.5. The van der Waals surface area contributed by atoms with Gasteiger partial charge in [-0.2, -0.15) is 5.26 Å². The summed E-state index contributed by atoms with van der Waals surface area (Å²) in [6.45, 7) is 1.77. The van der Waals surface area contributed by atoms with Crippen LogP contribution in [0.2, 0.25) is 0 Å². The van der Waals surface area contributed by atoms with Crippen molar-refractivity contribution in [2.75, 3.05) is 12.4 Å². The maximum absolute atomic E-state index is 11.2. The molecule has 6 nitrogen and oxygen atoms in total. The minimum absolute atomic E-state index is 0.0620. The number of nitrogens with zero attached hydrogens (tertiary/aromatic N) is 2. The van der Waals surface area contributed by atoms with E-state index >= 15 is 0 Å². The second-order valence-electron chi connectivity index (χ2n) is 4.33.